The van der Waals surface area contributed by atoms with Crippen molar-refractivity contribution in [1.82, 2.24) is 4.90 Å². The number of halogens is 3. The third-order valence-corrected chi connectivity index (χ3v) is 20.0. The Kier molecular flexibility index (Phi) is 47.0. The molecule has 9 aromatic rings. The SMILES string of the molecule is CC(=O)COc1ccccc1C(C)C.CC(C)Oc1ccccc1C(C)C.CC(C)c1ccc2c(c1)CN(C)C2=O.CC(C)c1ccccc1OC(F)F.CC(C)c1ccccc1OCC(=O)O.CC(C)c1ccccc1OCC(N)=O.COc1cc(F)ccc1C(C)C.Cc1ccc(C(=O)C(C)C)cc1.Cc1ccc(S(=O)(=O)C(C)C)cc1. The third kappa shape index (κ3) is 38.7. The van der Waals surface area contributed by atoms with Crippen LogP contribution in [0.1, 0.15) is 263 Å². The van der Waals surface area contributed by atoms with E-state index in [1.54, 1.807) is 68.3 Å². The first-order valence-electron chi connectivity index (χ1n) is 40.4. The summed E-state index contributed by atoms with van der Waals surface area (Å²) in [7, 11) is 0.307. The number of nitrogens with zero attached hydrogens (tertiary/aromatic N) is 1. The van der Waals surface area contributed by atoms with Crippen LogP contribution in [0.4, 0.5) is 13.2 Å². The number of para-hydroxylation sites is 5. The Hall–Kier alpha value is -10.7. The molecular formula is C99H131F3N2O14S. The number of methoxy groups -OCH3 is 1. The third-order valence-electron chi connectivity index (χ3n) is 17.9. The first kappa shape index (κ1) is 104. The molecule has 2 amide bonds. The number of amides is 2. The lowest BCUT2D eigenvalue weighted by Crippen LogP contribution is -2.20. The van der Waals surface area contributed by atoms with Crippen molar-refractivity contribution < 1.29 is 79.1 Å². The Morgan fingerprint density at radius 3 is 1.18 bits per heavy atom. The van der Waals surface area contributed by atoms with Gasteiger partial charge in [-0.3, -0.25) is 19.2 Å². The fourth-order valence-electron chi connectivity index (χ4n) is 11.3. The van der Waals surface area contributed by atoms with Gasteiger partial charge in [0, 0.05) is 36.7 Å². The number of primary amides is 1. The molecule has 0 aliphatic carbocycles. The van der Waals surface area contributed by atoms with E-state index in [1.165, 1.54) is 41.3 Å². The number of sulfone groups is 1. The second kappa shape index (κ2) is 53.6. The molecule has 9 aromatic carbocycles. The van der Waals surface area contributed by atoms with Crippen molar-refractivity contribution in [3.8, 4) is 34.5 Å². The second-order valence-electron chi connectivity index (χ2n) is 31.5. The van der Waals surface area contributed by atoms with Crippen LogP contribution in [0.3, 0.4) is 0 Å². The van der Waals surface area contributed by atoms with Crippen LogP contribution in [-0.4, -0.2) is 99.7 Å². The molecule has 0 radical (unpaired) electrons. The van der Waals surface area contributed by atoms with Gasteiger partial charge in [0.05, 0.1) is 23.4 Å². The number of rotatable bonds is 25. The quantitative estimate of drug-likeness (QED) is 0.0508. The number of carboxylic acid groups (broad SMARTS) is 1. The molecule has 0 bridgehead atoms. The zero-order valence-corrected chi connectivity index (χ0v) is 75.4. The lowest BCUT2D eigenvalue weighted by molar-refractivity contribution is -0.139. The first-order valence-corrected chi connectivity index (χ1v) is 42.0. The minimum Gasteiger partial charge on any atom is -0.496 e. The highest BCUT2D eigenvalue weighted by Crippen LogP contribution is 2.33. The van der Waals surface area contributed by atoms with Crippen LogP contribution in [0.2, 0.25) is 0 Å². The van der Waals surface area contributed by atoms with Crippen molar-refractivity contribution in [2.45, 2.75) is 230 Å². The average Bonchev–Trinajstić information content (AvgIpc) is 1.67. The van der Waals surface area contributed by atoms with E-state index in [0.717, 1.165) is 68.3 Å². The highest BCUT2D eigenvalue weighted by atomic mass is 32.2. The Morgan fingerprint density at radius 2 is 0.832 bits per heavy atom. The standard InChI is InChI=1S/C12H15NO.C12H16O2.C12H18O.C11H15NO2.C11H14O3.C11H14O.C10H12F2O.C10H13FO.C10H14O2S/c1-8(2)9-4-5-11-10(6-9)7-13(3)12(11)14;1-9(2)11-6-4-5-7-12(11)14-8-10(3)13;1-9(2)11-7-5-6-8-12(11)13-10(3)4;2*1-8(2)9-5-3-4-6-10(9)14-7-11(12)13;1-8(2)11(12)10-6-4-9(3)5-7-10;1-7(2)8-5-3-4-6-9(8)13-10(11)12;1-7(2)9-5-4-8(11)6-10(9)12-3;1-8(2)13(11,12)10-6-4-9(3)5-7-10/h4-6,8H,7H2,1-3H3;4-7,9H,8H2,1-3H3;5-10H,1-4H3;3-6,8H,7H2,1-2H3,(H2,12,13);3-6,8H,7H2,1-2H3,(H,12,13);4-8H,1-3H3;3-7,10H,1-2H3;4-7H,1-3H3;4-8H,1-3H3. The van der Waals surface area contributed by atoms with Crippen molar-refractivity contribution in [3.05, 3.63) is 279 Å². The zero-order chi connectivity index (χ0) is 90.0. The van der Waals surface area contributed by atoms with Gasteiger partial charge in [-0.25, -0.2) is 17.6 Å². The van der Waals surface area contributed by atoms with Crippen molar-refractivity contribution in [1.29, 1.82) is 0 Å². The summed E-state index contributed by atoms with van der Waals surface area (Å²) in [4.78, 5) is 56.9. The van der Waals surface area contributed by atoms with Gasteiger partial charge in [-0.2, -0.15) is 8.78 Å². The summed E-state index contributed by atoms with van der Waals surface area (Å²) in [6, 6.07) is 63.5. The Labute approximate surface area is 708 Å². The molecule has 648 valence electrons. The predicted molar refractivity (Wildman–Crippen MR) is 476 cm³/mol. The highest BCUT2D eigenvalue weighted by Gasteiger charge is 2.25. The molecule has 0 aromatic heterocycles. The summed E-state index contributed by atoms with van der Waals surface area (Å²) in [5.74, 6) is 5.70. The van der Waals surface area contributed by atoms with E-state index < -0.39 is 28.3 Å². The normalized spacial score (nSPS) is 11.2. The van der Waals surface area contributed by atoms with Crippen molar-refractivity contribution in [2.24, 2.45) is 11.7 Å². The van der Waals surface area contributed by atoms with E-state index in [-0.39, 0.29) is 72.1 Å². The number of alkyl halides is 2. The molecule has 0 fully saturated rings. The van der Waals surface area contributed by atoms with Gasteiger partial charge in [-0.15, -0.1) is 0 Å². The molecule has 20 heteroatoms. The number of ketones is 2. The van der Waals surface area contributed by atoms with Gasteiger partial charge in [-0.1, -0.05) is 267 Å². The van der Waals surface area contributed by atoms with Crippen LogP contribution in [0.5, 0.6) is 34.5 Å². The summed E-state index contributed by atoms with van der Waals surface area (Å²) >= 11 is 0. The van der Waals surface area contributed by atoms with Gasteiger partial charge >= 0.3 is 12.6 Å². The summed E-state index contributed by atoms with van der Waals surface area (Å²) in [5, 5.41) is 8.13. The lowest BCUT2D eigenvalue weighted by atomic mass is 9.98. The predicted octanol–water partition coefficient (Wildman–Crippen LogP) is 24.1. The van der Waals surface area contributed by atoms with E-state index in [2.05, 4.69) is 112 Å². The fourth-order valence-corrected chi connectivity index (χ4v) is 12.3. The number of ether oxygens (including phenoxy) is 6. The number of carbonyl (C=O) groups excluding carboxylic acids is 4. The topological polar surface area (TPSA) is 224 Å². The Balaban J connectivity index is 0.000000454. The molecule has 0 unspecified atom stereocenters. The van der Waals surface area contributed by atoms with Gasteiger partial charge in [-0.05, 0) is 189 Å². The number of Topliss-reactive ketones (excluding diaryl/α,β-unsaturated/α-hetero) is 2. The van der Waals surface area contributed by atoms with Gasteiger partial charge < -0.3 is 44.2 Å². The average molecular weight is 1660 g/mol. The molecule has 3 N–H and O–H groups in total. The number of nitrogens with two attached hydrogens (primary N) is 1. The zero-order valence-electron chi connectivity index (χ0n) is 74.6. The number of hydrogen-bond donors (Lipinski definition) is 2. The smallest absolute Gasteiger partial charge is 0.387 e. The van der Waals surface area contributed by atoms with Crippen LogP contribution in [0.25, 0.3) is 0 Å². The number of aliphatic carboxylic acids is 1. The maximum absolute atomic E-state index is 12.7. The largest absolute Gasteiger partial charge is 0.496 e. The van der Waals surface area contributed by atoms with Crippen LogP contribution < -0.4 is 34.2 Å². The van der Waals surface area contributed by atoms with E-state index >= 15 is 0 Å². The summed E-state index contributed by atoms with van der Waals surface area (Å²) in [5.41, 5.74) is 17.8. The number of fused-ring (bicyclic) bond motifs is 1. The van der Waals surface area contributed by atoms with Crippen LogP contribution in [0, 0.1) is 25.6 Å². The van der Waals surface area contributed by atoms with Crippen LogP contribution in [0.15, 0.2) is 211 Å². The van der Waals surface area contributed by atoms with Crippen LogP contribution >= 0.6 is 0 Å². The number of carboxylic acids is 1. The van der Waals surface area contributed by atoms with E-state index in [0.29, 0.717) is 51.9 Å². The van der Waals surface area contributed by atoms with E-state index in [1.807, 2.05) is 190 Å². The van der Waals surface area contributed by atoms with Crippen molar-refractivity contribution in [2.75, 3.05) is 34.0 Å². The fraction of sp³-hybridized carbons (Fsp3) is 0.404. The highest BCUT2D eigenvalue weighted by molar-refractivity contribution is 7.92. The summed E-state index contributed by atoms with van der Waals surface area (Å²) < 4.78 is 90.9. The van der Waals surface area contributed by atoms with E-state index in [4.69, 9.17) is 34.5 Å². The van der Waals surface area contributed by atoms with Gasteiger partial charge in [0.1, 0.15) is 46.9 Å². The maximum Gasteiger partial charge on any atom is 0.387 e. The van der Waals surface area contributed by atoms with Crippen molar-refractivity contribution >= 4 is 39.2 Å². The minimum absolute atomic E-state index is 0.0450. The first-order chi connectivity index (χ1) is 55.8. The molecule has 1 aliphatic rings. The number of carbonyl (C=O) groups is 5. The number of hydrogen-bond acceptors (Lipinski definition) is 13. The maximum atomic E-state index is 12.7. The summed E-state index contributed by atoms with van der Waals surface area (Å²) in [6.45, 7) is 43.8. The van der Waals surface area contributed by atoms with Gasteiger partial charge in [0.15, 0.2) is 34.6 Å². The molecule has 1 aliphatic heterocycles. The molecular weight excluding hydrogens is 1530 g/mol. The number of aryl methyl sites for hydroxylation is 2. The Bertz CT molecular complexity index is 4440. The molecule has 10 rings (SSSR count). The van der Waals surface area contributed by atoms with E-state index in [9.17, 15) is 45.6 Å². The molecule has 0 saturated carbocycles. The minimum atomic E-state index is -3.09. The monoisotopic (exact) mass is 1660 g/mol. The second-order valence-corrected chi connectivity index (χ2v) is 34.0. The molecule has 16 nitrogen and oxygen atoms in total. The summed E-state index contributed by atoms with van der Waals surface area (Å²) in [6.07, 6.45) is 0.250. The Morgan fingerprint density at radius 1 is 0.462 bits per heavy atom. The lowest BCUT2D eigenvalue weighted by Gasteiger charge is -2.15. The van der Waals surface area contributed by atoms with Gasteiger partial charge in [0.2, 0.25) is 0 Å². The molecule has 119 heavy (non-hydrogen) atoms. The van der Waals surface area contributed by atoms with Gasteiger partial charge in [0.25, 0.3) is 11.8 Å². The molecule has 0 spiro atoms. The van der Waals surface area contributed by atoms with Crippen LogP contribution in [-0.2, 0) is 30.8 Å². The molecule has 0 saturated heterocycles. The molecule has 1 heterocycles. The molecule has 0 atom stereocenters. The van der Waals surface area contributed by atoms with Crippen molar-refractivity contribution in [3.63, 3.8) is 0 Å². The number of benzene rings is 9.